The smallest absolute Gasteiger partial charge is 0.490 e. The molecule has 0 saturated carbocycles. The van der Waals surface area contributed by atoms with Gasteiger partial charge in [0.1, 0.15) is 18.2 Å². The molecular formula is C27H36F3N5O7. The number of carboxylic acid groups (broad SMARTS) is 2. The van der Waals surface area contributed by atoms with Gasteiger partial charge in [0, 0.05) is 29.5 Å². The molecule has 0 radical (unpaired) electrons. The number of carbonyl (C=O) groups is 2. The second-order valence-electron chi connectivity index (χ2n) is 10.9. The SMILES string of the molecule is NC(N)=NCCC[C@H](NCCCN1CC[C@]23c4c5ccc(O)c4O[C@H]2[C@@H](O)C=C[C@H]3[C@H]1C5)C(=O)O.O=C(O)C(F)(F)F. The second kappa shape index (κ2) is 12.4. The lowest BCUT2D eigenvalue weighted by molar-refractivity contribution is -0.192. The molecule has 2 bridgehead atoms. The molecule has 42 heavy (non-hydrogen) atoms. The molecule has 1 aromatic rings. The number of ether oxygens (including phenoxy) is 1. The predicted molar refractivity (Wildman–Crippen MR) is 144 cm³/mol. The van der Waals surface area contributed by atoms with Crippen LogP contribution in [-0.4, -0.2) is 99.9 Å². The van der Waals surface area contributed by atoms with Crippen molar-refractivity contribution in [3.8, 4) is 11.5 Å². The van der Waals surface area contributed by atoms with Crippen LogP contribution in [-0.2, 0) is 21.4 Å². The van der Waals surface area contributed by atoms with Crippen molar-refractivity contribution in [2.75, 3.05) is 26.2 Å². The monoisotopic (exact) mass is 599 g/mol. The van der Waals surface area contributed by atoms with Crippen LogP contribution >= 0.6 is 0 Å². The van der Waals surface area contributed by atoms with Crippen molar-refractivity contribution in [1.82, 2.24) is 10.2 Å². The zero-order chi connectivity index (χ0) is 30.8. The van der Waals surface area contributed by atoms with Gasteiger partial charge in [-0.25, -0.2) is 4.79 Å². The number of phenols is 1. The van der Waals surface area contributed by atoms with Crippen LogP contribution in [0, 0.1) is 5.92 Å². The third-order valence-corrected chi connectivity index (χ3v) is 8.49. The third kappa shape index (κ3) is 6.13. The van der Waals surface area contributed by atoms with Crippen molar-refractivity contribution < 1.29 is 47.9 Å². The summed E-state index contributed by atoms with van der Waals surface area (Å²) in [4.78, 5) is 26.9. The predicted octanol–water partition coefficient (Wildman–Crippen LogP) is 0.688. The van der Waals surface area contributed by atoms with Crippen molar-refractivity contribution in [2.24, 2.45) is 22.4 Å². The highest BCUT2D eigenvalue weighted by Crippen LogP contribution is 2.62. The molecule has 12 nitrogen and oxygen atoms in total. The first-order valence-corrected chi connectivity index (χ1v) is 13.7. The summed E-state index contributed by atoms with van der Waals surface area (Å²) >= 11 is 0. The fourth-order valence-electron chi connectivity index (χ4n) is 6.78. The number of aliphatic hydroxyl groups excluding tert-OH is 1. The van der Waals surface area contributed by atoms with E-state index in [-0.39, 0.29) is 35.2 Å². The number of nitrogens with two attached hydrogens (primary N) is 2. The summed E-state index contributed by atoms with van der Waals surface area (Å²) in [6.07, 6.45) is 1.44. The quantitative estimate of drug-likeness (QED) is 0.0863. The van der Waals surface area contributed by atoms with Crippen LogP contribution in [0.5, 0.6) is 11.5 Å². The summed E-state index contributed by atoms with van der Waals surface area (Å²) in [5.41, 5.74) is 12.6. The molecule has 0 aromatic heterocycles. The fourth-order valence-corrected chi connectivity index (χ4v) is 6.78. The maximum atomic E-state index is 11.6. The number of hydrogen-bond acceptors (Lipinski definition) is 8. The number of benzene rings is 1. The fraction of sp³-hybridized carbons (Fsp3) is 0.593. The average Bonchev–Trinajstić information content (AvgIpc) is 3.26. The van der Waals surface area contributed by atoms with Crippen LogP contribution in [0.1, 0.15) is 36.8 Å². The van der Waals surface area contributed by atoms with Crippen LogP contribution in [0.4, 0.5) is 13.2 Å². The van der Waals surface area contributed by atoms with Gasteiger partial charge >= 0.3 is 18.1 Å². The van der Waals surface area contributed by atoms with Gasteiger partial charge in [-0.2, -0.15) is 13.2 Å². The van der Waals surface area contributed by atoms with Gasteiger partial charge in [0.25, 0.3) is 0 Å². The highest BCUT2D eigenvalue weighted by molar-refractivity contribution is 5.75. The highest BCUT2D eigenvalue weighted by atomic mass is 19.4. The Hall–Kier alpha value is -3.56. The molecule has 1 saturated heterocycles. The average molecular weight is 600 g/mol. The molecule has 6 atom stereocenters. The molecule has 15 heteroatoms. The van der Waals surface area contributed by atoms with Crippen LogP contribution in [0.3, 0.4) is 0 Å². The number of halogens is 3. The molecule has 0 amide bonds. The number of guanidine groups is 1. The van der Waals surface area contributed by atoms with E-state index in [1.165, 1.54) is 5.56 Å². The van der Waals surface area contributed by atoms with Crippen molar-refractivity contribution in [3.63, 3.8) is 0 Å². The van der Waals surface area contributed by atoms with Crippen LogP contribution < -0.4 is 21.5 Å². The number of aliphatic hydroxyl groups is 1. The van der Waals surface area contributed by atoms with E-state index in [0.717, 1.165) is 37.9 Å². The Morgan fingerprint density at radius 1 is 1.21 bits per heavy atom. The normalized spacial score (nSPS) is 27.6. The molecular weight excluding hydrogens is 563 g/mol. The number of alkyl halides is 3. The van der Waals surface area contributed by atoms with Gasteiger partial charge in [0.2, 0.25) is 0 Å². The number of carboxylic acids is 2. The molecule has 1 spiro atoms. The van der Waals surface area contributed by atoms with Crippen molar-refractivity contribution >= 4 is 17.9 Å². The van der Waals surface area contributed by atoms with E-state index in [2.05, 4.69) is 21.3 Å². The van der Waals surface area contributed by atoms with Gasteiger partial charge in [0.15, 0.2) is 17.5 Å². The summed E-state index contributed by atoms with van der Waals surface area (Å²) in [5, 5.41) is 41.0. The minimum Gasteiger partial charge on any atom is -0.504 e. The number of nitrogens with zero attached hydrogens (tertiary/aromatic N) is 2. The lowest BCUT2D eigenvalue weighted by Crippen LogP contribution is -2.65. The maximum absolute atomic E-state index is 11.6. The van der Waals surface area contributed by atoms with Gasteiger partial charge in [0.05, 0.1) is 0 Å². The summed E-state index contributed by atoms with van der Waals surface area (Å²) < 4.78 is 37.9. The van der Waals surface area contributed by atoms with E-state index in [0.29, 0.717) is 31.7 Å². The number of nitrogens with one attached hydrogen (secondary N) is 1. The van der Waals surface area contributed by atoms with Gasteiger partial charge in [-0.3, -0.25) is 14.7 Å². The molecule has 1 fully saturated rings. The lowest BCUT2D eigenvalue weighted by atomic mass is 9.53. The number of hydrogen-bond donors (Lipinski definition) is 7. The van der Waals surface area contributed by atoms with Gasteiger partial charge < -0.3 is 41.9 Å². The molecule has 2 aliphatic heterocycles. The summed E-state index contributed by atoms with van der Waals surface area (Å²) in [5.74, 6) is -2.70. The van der Waals surface area contributed by atoms with Crippen molar-refractivity contribution in [1.29, 1.82) is 0 Å². The Kier molecular flexibility index (Phi) is 9.23. The first-order valence-electron chi connectivity index (χ1n) is 13.7. The Bertz CT molecular complexity index is 1240. The third-order valence-electron chi connectivity index (χ3n) is 8.49. The van der Waals surface area contributed by atoms with Crippen LogP contribution in [0.2, 0.25) is 0 Å². The topological polar surface area (TPSA) is 204 Å². The number of aliphatic imine (C=N–C) groups is 1. The maximum Gasteiger partial charge on any atom is 0.490 e. The second-order valence-corrected chi connectivity index (χ2v) is 10.9. The Morgan fingerprint density at radius 3 is 2.57 bits per heavy atom. The zero-order valence-corrected chi connectivity index (χ0v) is 22.8. The standard InChI is InChI=1S/C25H35N5O5.C2HF3O2/c26-24(27)29-9-1-3-16(23(33)34)28-10-2-11-30-12-8-25-15-5-7-19(32)22(25)35-21-18(31)6-4-14(20(21)25)13-17(15)30;3-2(4,5)1(6)7/h4-7,15-17,19,22,28,31-32H,1-3,8-13H2,(H,33,34)(H4,26,27,29);(H,6,7)/t15-,16-,17+,19-,22-,25-;/m0./s1. The van der Waals surface area contributed by atoms with Crippen LogP contribution in [0.15, 0.2) is 29.3 Å². The number of likely N-dealkylation sites (tertiary alicyclic amines) is 1. The van der Waals surface area contributed by atoms with Crippen molar-refractivity contribution in [2.45, 2.75) is 68.0 Å². The largest absolute Gasteiger partial charge is 0.504 e. The molecule has 0 unspecified atom stereocenters. The minimum absolute atomic E-state index is 0.0179. The lowest BCUT2D eigenvalue weighted by Gasteiger charge is -2.57. The summed E-state index contributed by atoms with van der Waals surface area (Å²) in [7, 11) is 0. The first kappa shape index (κ1) is 31.4. The van der Waals surface area contributed by atoms with Gasteiger partial charge in [-0.1, -0.05) is 18.2 Å². The minimum atomic E-state index is -5.08. The Balaban J connectivity index is 0.000000517. The molecule has 4 aliphatic rings. The van der Waals surface area contributed by atoms with E-state index >= 15 is 0 Å². The van der Waals surface area contributed by atoms with E-state index in [9.17, 15) is 33.3 Å². The highest BCUT2D eigenvalue weighted by Gasteiger charge is 2.64. The number of aromatic hydroxyl groups is 1. The molecule has 2 heterocycles. The number of piperidine rings is 1. The molecule has 1 aromatic carbocycles. The first-order chi connectivity index (χ1) is 19.8. The van der Waals surface area contributed by atoms with E-state index in [1.807, 2.05) is 12.1 Å². The number of rotatable bonds is 10. The molecule has 5 rings (SSSR count). The molecule has 2 aliphatic carbocycles. The van der Waals surface area contributed by atoms with Crippen LogP contribution in [0.25, 0.3) is 0 Å². The Morgan fingerprint density at radius 2 is 1.93 bits per heavy atom. The Labute approximate surface area is 239 Å². The van der Waals surface area contributed by atoms with E-state index < -0.39 is 30.3 Å². The summed E-state index contributed by atoms with van der Waals surface area (Å²) in [6.45, 7) is 2.75. The van der Waals surface area contributed by atoms with Crippen molar-refractivity contribution in [3.05, 3.63) is 35.4 Å². The number of aliphatic carboxylic acids is 2. The molecule has 232 valence electrons. The van der Waals surface area contributed by atoms with E-state index in [1.54, 1.807) is 6.07 Å². The van der Waals surface area contributed by atoms with E-state index in [4.69, 9.17) is 26.1 Å². The zero-order valence-electron chi connectivity index (χ0n) is 22.8. The molecule has 9 N–H and O–H groups in total. The van der Waals surface area contributed by atoms with Gasteiger partial charge in [-0.15, -0.1) is 0 Å². The number of phenolic OH excluding ortho intramolecular Hbond substituents is 1. The van der Waals surface area contributed by atoms with Gasteiger partial charge in [-0.05, 0) is 63.4 Å². The summed E-state index contributed by atoms with van der Waals surface area (Å²) in [6, 6.07) is 3.35.